The average molecular weight is 399 g/mol. The lowest BCUT2D eigenvalue weighted by Crippen LogP contribution is -2.36. The summed E-state index contributed by atoms with van der Waals surface area (Å²) < 4.78 is 44.9. The molecule has 1 aromatic rings. The van der Waals surface area contributed by atoms with Crippen LogP contribution in [-0.4, -0.2) is 60.3 Å². The molecule has 0 aromatic carbocycles. The second-order valence-electron chi connectivity index (χ2n) is 8.21. The largest absolute Gasteiger partial charge is 0.451 e. The van der Waals surface area contributed by atoms with Crippen LogP contribution in [0, 0.1) is 5.92 Å². The average Bonchev–Trinajstić information content (AvgIpc) is 3.10. The van der Waals surface area contributed by atoms with Gasteiger partial charge in [-0.15, -0.1) is 0 Å². The van der Waals surface area contributed by atoms with E-state index in [-0.39, 0.29) is 23.6 Å². The summed E-state index contributed by atoms with van der Waals surface area (Å²) in [5, 5.41) is 0. The van der Waals surface area contributed by atoms with E-state index < -0.39 is 17.6 Å². The van der Waals surface area contributed by atoms with Crippen LogP contribution < -0.4 is 9.80 Å². The number of aromatic nitrogens is 2. The van der Waals surface area contributed by atoms with Gasteiger partial charge in [0.2, 0.25) is 5.82 Å². The summed E-state index contributed by atoms with van der Waals surface area (Å²) in [5.41, 5.74) is 0.400. The zero-order chi connectivity index (χ0) is 20.9. The van der Waals surface area contributed by atoms with Gasteiger partial charge in [0.25, 0.3) is 0 Å². The van der Waals surface area contributed by atoms with E-state index in [2.05, 4.69) is 9.97 Å². The molecule has 10 heteroatoms. The summed E-state index contributed by atoms with van der Waals surface area (Å²) in [6, 6.07) is 1.53. The van der Waals surface area contributed by atoms with E-state index in [1.54, 1.807) is 50.9 Å². The molecule has 0 spiro atoms. The van der Waals surface area contributed by atoms with Crippen LogP contribution in [0.15, 0.2) is 17.8 Å². The van der Waals surface area contributed by atoms with Crippen LogP contribution in [0.1, 0.15) is 26.6 Å². The quantitative estimate of drug-likeness (QED) is 0.762. The van der Waals surface area contributed by atoms with Gasteiger partial charge < -0.3 is 19.4 Å². The summed E-state index contributed by atoms with van der Waals surface area (Å²) in [6.07, 6.45) is -3.24. The second kappa shape index (κ2) is 6.82. The molecule has 0 bridgehead atoms. The summed E-state index contributed by atoms with van der Waals surface area (Å²) in [5.74, 6) is -0.751. The van der Waals surface area contributed by atoms with Gasteiger partial charge in [0.15, 0.2) is 0 Å². The maximum Gasteiger partial charge on any atom is 0.451 e. The molecule has 154 valence electrons. The molecule has 0 N–H and O–H groups in total. The van der Waals surface area contributed by atoms with E-state index in [9.17, 15) is 18.0 Å². The number of hydrogen-bond acceptors (Lipinski definition) is 6. The van der Waals surface area contributed by atoms with E-state index in [0.717, 1.165) is 5.57 Å². The van der Waals surface area contributed by atoms with Crippen molar-refractivity contribution in [3.63, 3.8) is 0 Å². The van der Waals surface area contributed by atoms with Crippen molar-refractivity contribution in [1.82, 2.24) is 14.9 Å². The van der Waals surface area contributed by atoms with Gasteiger partial charge in [-0.2, -0.15) is 13.2 Å². The summed E-state index contributed by atoms with van der Waals surface area (Å²) in [6.45, 7) is 6.73. The lowest BCUT2D eigenvalue weighted by Gasteiger charge is -2.25. The van der Waals surface area contributed by atoms with Crippen molar-refractivity contribution in [3.05, 3.63) is 23.7 Å². The Balaban J connectivity index is 1.80. The fraction of sp³-hybridized carbons (Fsp3) is 0.611. The fourth-order valence-electron chi connectivity index (χ4n) is 3.16. The number of ether oxygens (including phenoxy) is 1. The SMILES string of the molecule is CN(C)c1cc(N2C=C3CN(C(=O)OC(C)(C)C)CC3C2)nc(C(F)(F)F)n1. The summed E-state index contributed by atoms with van der Waals surface area (Å²) >= 11 is 0. The van der Waals surface area contributed by atoms with Crippen LogP contribution in [0.5, 0.6) is 0 Å². The predicted molar refractivity (Wildman–Crippen MR) is 98.1 cm³/mol. The molecule has 1 aromatic heterocycles. The number of halogens is 3. The predicted octanol–water partition coefficient (Wildman–Crippen LogP) is 3.13. The number of carbonyl (C=O) groups is 1. The molecule has 1 fully saturated rings. The van der Waals surface area contributed by atoms with Crippen molar-refractivity contribution in [2.24, 2.45) is 5.92 Å². The van der Waals surface area contributed by atoms with Crippen molar-refractivity contribution in [2.75, 3.05) is 43.5 Å². The number of rotatable bonds is 2. The zero-order valence-electron chi connectivity index (χ0n) is 16.5. The molecule has 1 saturated heterocycles. The minimum Gasteiger partial charge on any atom is -0.444 e. The van der Waals surface area contributed by atoms with Gasteiger partial charge in [0.1, 0.15) is 17.2 Å². The van der Waals surface area contributed by atoms with Crippen molar-refractivity contribution >= 4 is 17.7 Å². The van der Waals surface area contributed by atoms with E-state index >= 15 is 0 Å². The number of amides is 1. The molecule has 7 nitrogen and oxygen atoms in total. The van der Waals surface area contributed by atoms with Gasteiger partial charge in [-0.05, 0) is 26.3 Å². The van der Waals surface area contributed by atoms with Crippen molar-refractivity contribution in [3.8, 4) is 0 Å². The van der Waals surface area contributed by atoms with E-state index in [1.807, 2.05) is 0 Å². The van der Waals surface area contributed by atoms with Crippen LogP contribution in [0.25, 0.3) is 0 Å². The lowest BCUT2D eigenvalue weighted by atomic mass is 10.1. The third-order valence-electron chi connectivity index (χ3n) is 4.43. The Hall–Kier alpha value is -2.52. The Morgan fingerprint density at radius 2 is 1.89 bits per heavy atom. The third-order valence-corrected chi connectivity index (χ3v) is 4.43. The monoisotopic (exact) mass is 399 g/mol. The van der Waals surface area contributed by atoms with Crippen molar-refractivity contribution in [2.45, 2.75) is 32.5 Å². The van der Waals surface area contributed by atoms with Gasteiger partial charge in [-0.25, -0.2) is 14.8 Å². The molecule has 0 radical (unpaired) electrons. The molecule has 28 heavy (non-hydrogen) atoms. The maximum atomic E-state index is 13.2. The topological polar surface area (TPSA) is 61.8 Å². The normalized spacial score (nSPS) is 19.6. The van der Waals surface area contributed by atoms with Crippen LogP contribution >= 0.6 is 0 Å². The molecule has 0 saturated carbocycles. The highest BCUT2D eigenvalue weighted by Gasteiger charge is 2.39. The van der Waals surface area contributed by atoms with E-state index in [4.69, 9.17) is 4.74 Å². The van der Waals surface area contributed by atoms with Gasteiger partial charge in [-0.1, -0.05) is 0 Å². The number of fused-ring (bicyclic) bond motifs is 1. The molecule has 2 aliphatic rings. The van der Waals surface area contributed by atoms with Crippen LogP contribution in [0.2, 0.25) is 0 Å². The van der Waals surface area contributed by atoms with E-state index in [0.29, 0.717) is 19.6 Å². The maximum absolute atomic E-state index is 13.2. The van der Waals surface area contributed by atoms with Gasteiger partial charge in [0.05, 0.1) is 0 Å². The number of likely N-dealkylation sites (tertiary alicyclic amines) is 1. The van der Waals surface area contributed by atoms with Crippen molar-refractivity contribution < 1.29 is 22.7 Å². The summed E-state index contributed by atoms with van der Waals surface area (Å²) in [7, 11) is 3.25. The molecule has 1 amide bonds. The van der Waals surface area contributed by atoms with Crippen LogP contribution in [-0.2, 0) is 10.9 Å². The molecule has 2 aliphatic heterocycles. The number of anilines is 2. The Labute approximate surface area is 161 Å². The van der Waals surface area contributed by atoms with E-state index in [1.165, 1.54) is 11.0 Å². The molecule has 3 heterocycles. The number of nitrogens with zero attached hydrogens (tertiary/aromatic N) is 5. The Kier molecular flexibility index (Phi) is 4.93. The Bertz CT molecular complexity index is 801. The standard InChI is InChI=1S/C18H24F3N5O2/c1-17(2,3)28-16(27)26-9-11-7-25(8-12(11)10-26)14-6-13(24(4)5)22-15(23-14)18(19,20)21/h6-7,12H,8-10H2,1-5H3. The van der Waals surface area contributed by atoms with Gasteiger partial charge >= 0.3 is 12.3 Å². The molecule has 0 aliphatic carbocycles. The molecule has 1 unspecified atom stereocenters. The number of carbonyl (C=O) groups excluding carboxylic acids is 1. The van der Waals surface area contributed by atoms with Crippen LogP contribution in [0.3, 0.4) is 0 Å². The van der Waals surface area contributed by atoms with Crippen LogP contribution in [0.4, 0.5) is 29.6 Å². The first kappa shape index (κ1) is 20.2. The number of hydrogen-bond donors (Lipinski definition) is 0. The first-order valence-electron chi connectivity index (χ1n) is 8.92. The minimum absolute atomic E-state index is 0.0413. The lowest BCUT2D eigenvalue weighted by molar-refractivity contribution is -0.144. The number of alkyl halides is 3. The molecular formula is C18H24F3N5O2. The highest BCUT2D eigenvalue weighted by atomic mass is 19.4. The first-order chi connectivity index (χ1) is 12.8. The smallest absolute Gasteiger partial charge is 0.444 e. The minimum atomic E-state index is -4.63. The second-order valence-corrected chi connectivity index (χ2v) is 8.21. The zero-order valence-corrected chi connectivity index (χ0v) is 16.5. The van der Waals surface area contributed by atoms with Gasteiger partial charge in [-0.3, -0.25) is 0 Å². The highest BCUT2D eigenvalue weighted by molar-refractivity contribution is 5.70. The van der Waals surface area contributed by atoms with Gasteiger partial charge in [0, 0.05) is 51.9 Å². The molecule has 3 rings (SSSR count). The fourth-order valence-corrected chi connectivity index (χ4v) is 3.16. The summed E-state index contributed by atoms with van der Waals surface area (Å²) in [4.78, 5) is 24.3. The van der Waals surface area contributed by atoms with Crippen molar-refractivity contribution in [1.29, 1.82) is 0 Å². The molecule has 1 atom stereocenters. The first-order valence-corrected chi connectivity index (χ1v) is 8.92. The highest BCUT2D eigenvalue weighted by Crippen LogP contribution is 2.35. The molecular weight excluding hydrogens is 375 g/mol. The Morgan fingerprint density at radius 3 is 2.43 bits per heavy atom. The Morgan fingerprint density at radius 1 is 1.21 bits per heavy atom. The third kappa shape index (κ3) is 4.31.